The molecule has 1 aromatic carbocycles. The lowest BCUT2D eigenvalue weighted by Gasteiger charge is -2.33. The fraction of sp³-hybridized carbons (Fsp3) is 0.381. The van der Waals surface area contributed by atoms with Gasteiger partial charge in [-0.1, -0.05) is 24.3 Å². The topological polar surface area (TPSA) is 51.0 Å². The molecule has 5 nitrogen and oxygen atoms in total. The summed E-state index contributed by atoms with van der Waals surface area (Å²) in [4.78, 5) is 18.9. The second-order valence-corrected chi connectivity index (χ2v) is 7.09. The van der Waals surface area contributed by atoms with E-state index in [2.05, 4.69) is 22.2 Å². The smallest absolute Gasteiger partial charge is 0.224 e. The third-order valence-corrected chi connectivity index (χ3v) is 5.21. The summed E-state index contributed by atoms with van der Waals surface area (Å²) in [5.74, 6) is 0.767. The molecular weight excluding hydrogens is 324 g/mol. The molecule has 3 aromatic rings. The van der Waals surface area contributed by atoms with Gasteiger partial charge in [0, 0.05) is 37.3 Å². The number of hydrogen-bond acceptors (Lipinski definition) is 3. The molecule has 1 aliphatic rings. The molecule has 2 aromatic heterocycles. The van der Waals surface area contributed by atoms with Crippen LogP contribution in [-0.4, -0.2) is 38.7 Å². The molecule has 0 N–H and O–H groups in total. The largest absolute Gasteiger partial charge is 0.342 e. The average molecular weight is 348 g/mol. The Morgan fingerprint density at radius 1 is 1.15 bits per heavy atom. The number of aromatic nitrogens is 3. The third-order valence-electron chi connectivity index (χ3n) is 5.21. The van der Waals surface area contributed by atoms with Crippen molar-refractivity contribution in [1.82, 2.24) is 19.7 Å². The molecule has 1 atom stereocenters. The SMILES string of the molecule is O=C(CCn1ncc2ccccc21)N1CCC[C@@H](Cc2cccnc2)C1. The normalized spacial score (nSPS) is 17.5. The predicted molar refractivity (Wildman–Crippen MR) is 102 cm³/mol. The zero-order chi connectivity index (χ0) is 17.8. The highest BCUT2D eigenvalue weighted by Crippen LogP contribution is 2.21. The quantitative estimate of drug-likeness (QED) is 0.711. The van der Waals surface area contributed by atoms with Crippen LogP contribution in [0.1, 0.15) is 24.8 Å². The van der Waals surface area contributed by atoms with Crippen molar-refractivity contribution in [3.8, 4) is 0 Å². The van der Waals surface area contributed by atoms with Gasteiger partial charge in [-0.2, -0.15) is 5.10 Å². The Kier molecular flexibility index (Phi) is 4.95. The summed E-state index contributed by atoms with van der Waals surface area (Å²) >= 11 is 0. The Morgan fingerprint density at radius 3 is 2.96 bits per heavy atom. The van der Waals surface area contributed by atoms with E-state index >= 15 is 0 Å². The highest BCUT2D eigenvalue weighted by atomic mass is 16.2. The fourth-order valence-corrected chi connectivity index (χ4v) is 3.87. The Hall–Kier alpha value is -2.69. The molecule has 0 spiro atoms. The monoisotopic (exact) mass is 348 g/mol. The van der Waals surface area contributed by atoms with Crippen LogP contribution in [0.2, 0.25) is 0 Å². The molecule has 1 fully saturated rings. The van der Waals surface area contributed by atoms with Gasteiger partial charge in [0.05, 0.1) is 18.3 Å². The van der Waals surface area contributed by atoms with Crippen LogP contribution in [0.4, 0.5) is 0 Å². The van der Waals surface area contributed by atoms with E-state index in [-0.39, 0.29) is 5.91 Å². The number of likely N-dealkylation sites (tertiary alicyclic amines) is 1. The fourth-order valence-electron chi connectivity index (χ4n) is 3.87. The summed E-state index contributed by atoms with van der Waals surface area (Å²) in [5, 5.41) is 5.54. The molecule has 26 heavy (non-hydrogen) atoms. The first-order chi connectivity index (χ1) is 12.8. The lowest BCUT2D eigenvalue weighted by molar-refractivity contribution is -0.133. The Labute approximate surface area is 153 Å². The minimum atomic E-state index is 0.237. The van der Waals surface area contributed by atoms with Crippen molar-refractivity contribution in [2.24, 2.45) is 5.92 Å². The summed E-state index contributed by atoms with van der Waals surface area (Å²) in [7, 11) is 0. The number of carbonyl (C=O) groups is 1. The van der Waals surface area contributed by atoms with Crippen LogP contribution < -0.4 is 0 Å². The van der Waals surface area contributed by atoms with Crippen molar-refractivity contribution in [3.63, 3.8) is 0 Å². The number of carbonyl (C=O) groups excluding carboxylic acids is 1. The summed E-state index contributed by atoms with van der Waals surface area (Å²) in [6.07, 6.45) is 9.38. The standard InChI is InChI=1S/C21H24N4O/c26-21(9-12-25-20-8-2-1-7-19(20)15-23-25)24-11-4-6-18(16-24)13-17-5-3-10-22-14-17/h1-3,5,7-8,10,14-15,18H,4,6,9,11-13,16H2/t18-/m0/s1. The number of nitrogens with zero attached hydrogens (tertiary/aromatic N) is 4. The van der Waals surface area contributed by atoms with Crippen molar-refractivity contribution in [2.75, 3.05) is 13.1 Å². The van der Waals surface area contributed by atoms with Crippen molar-refractivity contribution in [2.45, 2.75) is 32.2 Å². The Morgan fingerprint density at radius 2 is 2.08 bits per heavy atom. The van der Waals surface area contributed by atoms with Gasteiger partial charge in [-0.15, -0.1) is 0 Å². The molecule has 4 rings (SSSR count). The second-order valence-electron chi connectivity index (χ2n) is 7.09. The lowest BCUT2D eigenvalue weighted by atomic mass is 9.92. The van der Waals surface area contributed by atoms with Gasteiger partial charge in [-0.3, -0.25) is 14.5 Å². The lowest BCUT2D eigenvalue weighted by Crippen LogP contribution is -2.40. The molecule has 0 unspecified atom stereocenters. The molecule has 1 amide bonds. The molecule has 0 radical (unpaired) electrons. The van der Waals surface area contributed by atoms with Gasteiger partial charge in [0.1, 0.15) is 0 Å². The zero-order valence-corrected chi connectivity index (χ0v) is 14.9. The number of fused-ring (bicyclic) bond motifs is 1. The van der Waals surface area contributed by atoms with E-state index < -0.39 is 0 Å². The Balaban J connectivity index is 1.34. The minimum absolute atomic E-state index is 0.237. The van der Waals surface area contributed by atoms with Gasteiger partial charge in [0.2, 0.25) is 5.91 Å². The van der Waals surface area contributed by atoms with E-state index in [1.54, 1.807) is 6.20 Å². The molecule has 0 aliphatic carbocycles. The van der Waals surface area contributed by atoms with Gasteiger partial charge in [0.25, 0.3) is 0 Å². The van der Waals surface area contributed by atoms with Crippen LogP contribution in [-0.2, 0) is 17.8 Å². The van der Waals surface area contributed by atoms with Crippen molar-refractivity contribution < 1.29 is 4.79 Å². The first kappa shape index (κ1) is 16.8. The summed E-state index contributed by atoms with van der Waals surface area (Å²) in [5.41, 5.74) is 2.35. The van der Waals surface area contributed by atoms with Crippen molar-refractivity contribution in [1.29, 1.82) is 0 Å². The average Bonchev–Trinajstić information content (AvgIpc) is 3.10. The van der Waals surface area contributed by atoms with Crippen LogP contribution in [0.3, 0.4) is 0 Å². The number of amides is 1. The maximum atomic E-state index is 12.7. The molecule has 1 saturated heterocycles. The summed E-state index contributed by atoms with van der Waals surface area (Å²) in [6, 6.07) is 12.2. The number of rotatable bonds is 5. The molecular formula is C21H24N4O. The minimum Gasteiger partial charge on any atom is -0.342 e. The first-order valence-corrected chi connectivity index (χ1v) is 9.37. The van der Waals surface area contributed by atoms with Crippen molar-refractivity contribution in [3.05, 3.63) is 60.6 Å². The molecule has 0 saturated carbocycles. The van der Waals surface area contributed by atoms with E-state index in [9.17, 15) is 4.79 Å². The number of aryl methyl sites for hydroxylation is 1. The molecule has 5 heteroatoms. The second kappa shape index (κ2) is 7.68. The molecule has 3 heterocycles. The van der Waals surface area contributed by atoms with E-state index in [0.29, 0.717) is 18.9 Å². The number of para-hydroxylation sites is 1. The van der Waals surface area contributed by atoms with Gasteiger partial charge >= 0.3 is 0 Å². The number of piperidine rings is 1. The van der Waals surface area contributed by atoms with E-state index in [1.165, 1.54) is 12.0 Å². The number of hydrogen-bond donors (Lipinski definition) is 0. The van der Waals surface area contributed by atoms with Crippen LogP contribution in [0.5, 0.6) is 0 Å². The Bertz CT molecular complexity index is 874. The van der Waals surface area contributed by atoms with Gasteiger partial charge in [-0.25, -0.2) is 0 Å². The van der Waals surface area contributed by atoms with Gasteiger partial charge in [0.15, 0.2) is 0 Å². The van der Waals surface area contributed by atoms with Gasteiger partial charge in [-0.05, 0) is 42.9 Å². The summed E-state index contributed by atoms with van der Waals surface area (Å²) < 4.78 is 1.93. The van der Waals surface area contributed by atoms with Crippen molar-refractivity contribution >= 4 is 16.8 Å². The molecule has 0 bridgehead atoms. The highest BCUT2D eigenvalue weighted by Gasteiger charge is 2.23. The van der Waals surface area contributed by atoms with E-state index in [4.69, 9.17) is 0 Å². The highest BCUT2D eigenvalue weighted by molar-refractivity contribution is 5.79. The third kappa shape index (κ3) is 3.77. The number of pyridine rings is 1. The maximum absolute atomic E-state index is 12.7. The zero-order valence-electron chi connectivity index (χ0n) is 14.9. The maximum Gasteiger partial charge on any atom is 0.224 e. The van der Waals surface area contributed by atoms with Crippen LogP contribution in [0, 0.1) is 5.92 Å². The number of benzene rings is 1. The van der Waals surface area contributed by atoms with Crippen LogP contribution >= 0.6 is 0 Å². The molecule has 1 aliphatic heterocycles. The first-order valence-electron chi connectivity index (χ1n) is 9.37. The predicted octanol–water partition coefficient (Wildman–Crippen LogP) is 3.30. The van der Waals surface area contributed by atoms with E-state index in [1.807, 2.05) is 46.2 Å². The van der Waals surface area contributed by atoms with Crippen LogP contribution in [0.15, 0.2) is 55.0 Å². The molecule has 134 valence electrons. The van der Waals surface area contributed by atoms with E-state index in [0.717, 1.165) is 36.8 Å². The van der Waals surface area contributed by atoms with Gasteiger partial charge < -0.3 is 4.90 Å². The van der Waals surface area contributed by atoms with Crippen LogP contribution in [0.25, 0.3) is 10.9 Å². The summed E-state index contributed by atoms with van der Waals surface area (Å²) in [6.45, 7) is 2.37.